The van der Waals surface area contributed by atoms with Crippen molar-refractivity contribution in [1.29, 1.82) is 0 Å². The van der Waals surface area contributed by atoms with Gasteiger partial charge in [-0.2, -0.15) is 0 Å². The number of ketones is 1. The zero-order valence-electron chi connectivity index (χ0n) is 18.5. The highest BCUT2D eigenvalue weighted by molar-refractivity contribution is 6.30. The van der Waals surface area contributed by atoms with E-state index in [4.69, 9.17) is 11.6 Å². The molecule has 168 valence electrons. The number of carbonyl (C=O) groups excluding carboxylic acids is 3. The van der Waals surface area contributed by atoms with Crippen LogP contribution < -0.4 is 0 Å². The Kier molecular flexibility index (Phi) is 6.90. The Hall–Kier alpha value is -3.44. The number of aryl methyl sites for hydroxylation is 1. The molecule has 0 radical (unpaired) electrons. The van der Waals surface area contributed by atoms with Crippen molar-refractivity contribution in [1.82, 2.24) is 9.80 Å². The average Bonchev–Trinajstić information content (AvgIpc) is 3.09. The number of nitrogens with zero attached hydrogens (tertiary/aromatic N) is 2. The Morgan fingerprint density at radius 2 is 1.33 bits per heavy atom. The highest BCUT2D eigenvalue weighted by Crippen LogP contribution is 2.20. The van der Waals surface area contributed by atoms with Crippen LogP contribution in [0, 0.1) is 6.92 Å². The van der Waals surface area contributed by atoms with Gasteiger partial charge in [0, 0.05) is 47.9 Å². The van der Waals surface area contributed by atoms with Crippen LogP contribution in [0.2, 0.25) is 5.02 Å². The van der Waals surface area contributed by atoms with Crippen molar-refractivity contribution >= 4 is 29.2 Å². The molecule has 1 aliphatic rings. The fourth-order valence-corrected chi connectivity index (χ4v) is 4.21. The van der Waals surface area contributed by atoms with Crippen LogP contribution >= 0.6 is 11.6 Å². The van der Waals surface area contributed by atoms with Crippen molar-refractivity contribution in [3.05, 3.63) is 106 Å². The van der Waals surface area contributed by atoms with E-state index < -0.39 is 0 Å². The van der Waals surface area contributed by atoms with Gasteiger partial charge in [0.15, 0.2) is 5.78 Å². The molecule has 0 atom stereocenters. The predicted octanol–water partition coefficient (Wildman–Crippen LogP) is 4.87. The largest absolute Gasteiger partial charge is 0.337 e. The van der Waals surface area contributed by atoms with Crippen LogP contribution in [0.4, 0.5) is 0 Å². The Morgan fingerprint density at radius 3 is 2.00 bits per heavy atom. The maximum absolute atomic E-state index is 13.4. The number of halogens is 1. The first-order valence-electron chi connectivity index (χ1n) is 11.0. The van der Waals surface area contributed by atoms with Crippen molar-refractivity contribution in [2.24, 2.45) is 0 Å². The number of hydrogen-bond donors (Lipinski definition) is 0. The van der Waals surface area contributed by atoms with Gasteiger partial charge in [0.25, 0.3) is 11.8 Å². The zero-order valence-corrected chi connectivity index (χ0v) is 19.2. The van der Waals surface area contributed by atoms with Crippen molar-refractivity contribution in [3.8, 4) is 0 Å². The molecule has 1 aliphatic heterocycles. The molecule has 1 fully saturated rings. The molecule has 0 spiro atoms. The van der Waals surface area contributed by atoms with E-state index in [-0.39, 0.29) is 17.6 Å². The lowest BCUT2D eigenvalue weighted by molar-refractivity contribution is 0.0717. The minimum atomic E-state index is -0.221. The monoisotopic (exact) mass is 460 g/mol. The third-order valence-electron chi connectivity index (χ3n) is 5.84. The quantitative estimate of drug-likeness (QED) is 0.522. The molecule has 6 heteroatoms. The fraction of sp³-hybridized carbons (Fsp3) is 0.222. The molecule has 0 N–H and O–H groups in total. The summed E-state index contributed by atoms with van der Waals surface area (Å²) in [6, 6.07) is 21.1. The maximum Gasteiger partial charge on any atom is 0.254 e. The maximum atomic E-state index is 13.4. The summed E-state index contributed by atoms with van der Waals surface area (Å²) in [5, 5.41) is 0.547. The van der Waals surface area contributed by atoms with Gasteiger partial charge in [0.2, 0.25) is 0 Å². The Labute approximate surface area is 198 Å². The van der Waals surface area contributed by atoms with Gasteiger partial charge in [-0.1, -0.05) is 47.5 Å². The molecule has 0 aromatic heterocycles. The van der Waals surface area contributed by atoms with Gasteiger partial charge in [-0.25, -0.2) is 0 Å². The topological polar surface area (TPSA) is 57.7 Å². The molecule has 5 nitrogen and oxygen atoms in total. The van der Waals surface area contributed by atoms with Crippen molar-refractivity contribution in [2.75, 3.05) is 26.2 Å². The van der Waals surface area contributed by atoms with Crippen LogP contribution in [0.1, 0.15) is 48.6 Å². The van der Waals surface area contributed by atoms with Gasteiger partial charge in [0.1, 0.15) is 0 Å². The number of hydrogen-bond acceptors (Lipinski definition) is 3. The van der Waals surface area contributed by atoms with Gasteiger partial charge in [0.05, 0.1) is 5.56 Å². The van der Waals surface area contributed by atoms with Crippen LogP contribution in [0.25, 0.3) is 0 Å². The first kappa shape index (κ1) is 22.7. The van der Waals surface area contributed by atoms with Gasteiger partial charge >= 0.3 is 0 Å². The smallest absolute Gasteiger partial charge is 0.254 e. The van der Waals surface area contributed by atoms with E-state index in [0.717, 1.165) is 5.56 Å². The van der Waals surface area contributed by atoms with Crippen molar-refractivity contribution in [2.45, 2.75) is 13.3 Å². The van der Waals surface area contributed by atoms with E-state index in [1.54, 1.807) is 58.3 Å². The van der Waals surface area contributed by atoms with Gasteiger partial charge in [-0.3, -0.25) is 14.4 Å². The first-order chi connectivity index (χ1) is 15.9. The first-order valence-corrected chi connectivity index (χ1v) is 11.4. The molecular weight excluding hydrogens is 436 g/mol. The normalized spacial score (nSPS) is 14.0. The molecular formula is C27H25ClN2O3. The molecule has 4 rings (SSSR count). The summed E-state index contributed by atoms with van der Waals surface area (Å²) in [6.07, 6.45) is 0.677. The molecule has 0 saturated carbocycles. The number of amides is 2. The molecule has 3 aromatic rings. The lowest BCUT2D eigenvalue weighted by Crippen LogP contribution is -2.37. The second-order valence-corrected chi connectivity index (χ2v) is 8.63. The van der Waals surface area contributed by atoms with Crippen LogP contribution in [-0.2, 0) is 0 Å². The fourth-order valence-electron chi connectivity index (χ4n) is 4.08. The third kappa shape index (κ3) is 5.15. The molecule has 0 bridgehead atoms. The standard InChI is InChI=1S/C27H25ClN2O3/c1-19-6-4-7-21(18-19)26(32)29-14-5-15-30(17-16-29)27(33)24-9-3-2-8-23(24)25(31)20-10-12-22(28)13-11-20/h2-4,6-13,18H,5,14-17H2,1H3. The number of benzene rings is 3. The van der Waals surface area contributed by atoms with Crippen LogP contribution in [0.3, 0.4) is 0 Å². The van der Waals surface area contributed by atoms with E-state index in [2.05, 4.69) is 0 Å². The molecule has 33 heavy (non-hydrogen) atoms. The summed E-state index contributed by atoms with van der Waals surface area (Å²) >= 11 is 5.94. The second-order valence-electron chi connectivity index (χ2n) is 8.19. The highest BCUT2D eigenvalue weighted by atomic mass is 35.5. The van der Waals surface area contributed by atoms with Crippen molar-refractivity contribution < 1.29 is 14.4 Å². The van der Waals surface area contributed by atoms with Gasteiger partial charge < -0.3 is 9.80 Å². The summed E-state index contributed by atoms with van der Waals surface area (Å²) < 4.78 is 0. The summed E-state index contributed by atoms with van der Waals surface area (Å²) in [4.78, 5) is 43.0. The Balaban J connectivity index is 1.51. The summed E-state index contributed by atoms with van der Waals surface area (Å²) in [5.74, 6) is -0.439. The third-order valence-corrected chi connectivity index (χ3v) is 6.10. The molecule has 1 heterocycles. The predicted molar refractivity (Wildman–Crippen MR) is 129 cm³/mol. The highest BCUT2D eigenvalue weighted by Gasteiger charge is 2.26. The van der Waals surface area contributed by atoms with Crippen LogP contribution in [0.15, 0.2) is 72.8 Å². The zero-order chi connectivity index (χ0) is 23.4. The van der Waals surface area contributed by atoms with Gasteiger partial charge in [-0.15, -0.1) is 0 Å². The number of carbonyl (C=O) groups is 3. The molecule has 0 unspecified atom stereocenters. The van der Waals surface area contributed by atoms with Crippen LogP contribution in [-0.4, -0.2) is 53.6 Å². The number of rotatable bonds is 4. The minimum Gasteiger partial charge on any atom is -0.337 e. The van der Waals surface area contributed by atoms with E-state index >= 15 is 0 Å². The van der Waals surface area contributed by atoms with E-state index in [1.807, 2.05) is 31.2 Å². The molecule has 1 saturated heterocycles. The summed E-state index contributed by atoms with van der Waals surface area (Å²) in [7, 11) is 0. The van der Waals surface area contributed by atoms with Crippen LogP contribution in [0.5, 0.6) is 0 Å². The molecule has 2 amide bonds. The summed E-state index contributed by atoms with van der Waals surface area (Å²) in [6.45, 7) is 3.94. The van der Waals surface area contributed by atoms with Crippen molar-refractivity contribution in [3.63, 3.8) is 0 Å². The van der Waals surface area contributed by atoms with E-state index in [1.165, 1.54) is 0 Å². The average molecular weight is 461 g/mol. The second kappa shape index (κ2) is 10.0. The summed E-state index contributed by atoms with van der Waals surface area (Å²) in [5.41, 5.74) is 2.91. The Morgan fingerprint density at radius 1 is 0.697 bits per heavy atom. The molecule has 0 aliphatic carbocycles. The van der Waals surface area contributed by atoms with E-state index in [0.29, 0.717) is 59.9 Å². The Bertz CT molecular complexity index is 1190. The lowest BCUT2D eigenvalue weighted by atomic mass is 9.97. The van der Waals surface area contributed by atoms with E-state index in [9.17, 15) is 14.4 Å². The van der Waals surface area contributed by atoms with Gasteiger partial charge in [-0.05, 0) is 55.8 Å². The SMILES string of the molecule is Cc1cccc(C(=O)N2CCCN(C(=O)c3ccccc3C(=O)c3ccc(Cl)cc3)CC2)c1. The lowest BCUT2D eigenvalue weighted by Gasteiger charge is -2.23. The molecule has 3 aromatic carbocycles. The minimum absolute atomic E-state index is 0.0219.